The molecule has 0 aromatic heterocycles. The Labute approximate surface area is 83.3 Å². The van der Waals surface area contributed by atoms with E-state index in [9.17, 15) is 5.11 Å². The smallest absolute Gasteiger partial charge is 0.136 e. The summed E-state index contributed by atoms with van der Waals surface area (Å²) in [6, 6.07) is 5.71. The predicted octanol–water partition coefficient (Wildman–Crippen LogP) is 1.22. The van der Waals surface area contributed by atoms with E-state index in [1.807, 2.05) is 25.1 Å². The Morgan fingerprint density at radius 1 is 1.43 bits per heavy atom. The SMILES string of the molecule is COc1ccc(C2(O)COC2)cc1C. The van der Waals surface area contributed by atoms with Crippen LogP contribution in [0.1, 0.15) is 11.1 Å². The molecule has 0 spiro atoms. The first-order chi connectivity index (χ1) is 6.65. The second-order valence-electron chi connectivity index (χ2n) is 3.71. The molecule has 0 saturated carbocycles. The molecule has 0 amide bonds. The molecule has 0 unspecified atom stereocenters. The highest BCUT2D eigenvalue weighted by atomic mass is 16.5. The van der Waals surface area contributed by atoms with Gasteiger partial charge in [-0.2, -0.15) is 0 Å². The summed E-state index contributed by atoms with van der Waals surface area (Å²) in [6.07, 6.45) is 0. The Bertz CT molecular complexity index is 342. The summed E-state index contributed by atoms with van der Waals surface area (Å²) >= 11 is 0. The van der Waals surface area contributed by atoms with Crippen LogP contribution in [-0.2, 0) is 10.3 Å². The molecule has 76 valence electrons. The fourth-order valence-corrected chi connectivity index (χ4v) is 1.63. The number of hydrogen-bond acceptors (Lipinski definition) is 3. The van der Waals surface area contributed by atoms with Gasteiger partial charge in [-0.15, -0.1) is 0 Å². The lowest BCUT2D eigenvalue weighted by Gasteiger charge is -2.37. The number of rotatable bonds is 2. The largest absolute Gasteiger partial charge is 0.496 e. The third-order valence-corrected chi connectivity index (χ3v) is 2.61. The molecule has 1 N–H and O–H groups in total. The van der Waals surface area contributed by atoms with E-state index in [0.717, 1.165) is 16.9 Å². The van der Waals surface area contributed by atoms with Gasteiger partial charge in [0.15, 0.2) is 0 Å². The summed E-state index contributed by atoms with van der Waals surface area (Å²) in [5.41, 5.74) is 1.16. The molecule has 0 bridgehead atoms. The summed E-state index contributed by atoms with van der Waals surface area (Å²) in [5, 5.41) is 10.0. The van der Waals surface area contributed by atoms with Crippen LogP contribution in [0, 0.1) is 6.92 Å². The molecule has 1 heterocycles. The van der Waals surface area contributed by atoms with Gasteiger partial charge >= 0.3 is 0 Å². The molecule has 3 heteroatoms. The molecule has 3 nitrogen and oxygen atoms in total. The highest BCUT2D eigenvalue weighted by Gasteiger charge is 2.38. The maximum atomic E-state index is 10.0. The summed E-state index contributed by atoms with van der Waals surface area (Å²) < 4.78 is 10.2. The molecule has 1 aromatic carbocycles. The quantitative estimate of drug-likeness (QED) is 0.769. The molecule has 0 aliphatic carbocycles. The lowest BCUT2D eigenvalue weighted by Crippen LogP contribution is -2.46. The maximum Gasteiger partial charge on any atom is 0.136 e. The van der Waals surface area contributed by atoms with E-state index >= 15 is 0 Å². The van der Waals surface area contributed by atoms with Crippen LogP contribution in [0.25, 0.3) is 0 Å². The first kappa shape index (κ1) is 9.49. The molecular formula is C11H14O3. The minimum absolute atomic E-state index is 0.388. The van der Waals surface area contributed by atoms with Crippen LogP contribution in [-0.4, -0.2) is 25.4 Å². The van der Waals surface area contributed by atoms with Gasteiger partial charge in [0.05, 0.1) is 20.3 Å². The van der Waals surface area contributed by atoms with Crippen LogP contribution in [0.2, 0.25) is 0 Å². The van der Waals surface area contributed by atoms with Crippen molar-refractivity contribution >= 4 is 0 Å². The van der Waals surface area contributed by atoms with Crippen molar-refractivity contribution in [1.29, 1.82) is 0 Å². The summed E-state index contributed by atoms with van der Waals surface area (Å²) in [6.45, 7) is 2.74. The van der Waals surface area contributed by atoms with Gasteiger partial charge in [-0.05, 0) is 30.2 Å². The van der Waals surface area contributed by atoms with Gasteiger partial charge in [0, 0.05) is 0 Å². The zero-order valence-corrected chi connectivity index (χ0v) is 8.41. The van der Waals surface area contributed by atoms with Gasteiger partial charge in [0.25, 0.3) is 0 Å². The molecule has 0 atom stereocenters. The number of aliphatic hydroxyl groups is 1. The van der Waals surface area contributed by atoms with Crippen LogP contribution in [0.5, 0.6) is 5.75 Å². The highest BCUT2D eigenvalue weighted by Crippen LogP contribution is 2.31. The Kier molecular flexibility index (Phi) is 2.21. The minimum Gasteiger partial charge on any atom is -0.496 e. The molecule has 1 aliphatic heterocycles. The topological polar surface area (TPSA) is 38.7 Å². The van der Waals surface area contributed by atoms with E-state index in [-0.39, 0.29) is 0 Å². The van der Waals surface area contributed by atoms with E-state index in [2.05, 4.69) is 0 Å². The van der Waals surface area contributed by atoms with Gasteiger partial charge in [-0.1, -0.05) is 6.07 Å². The third-order valence-electron chi connectivity index (χ3n) is 2.61. The number of benzene rings is 1. The Balaban J connectivity index is 2.32. The monoisotopic (exact) mass is 194 g/mol. The number of aryl methyl sites for hydroxylation is 1. The van der Waals surface area contributed by atoms with Crippen molar-refractivity contribution in [2.24, 2.45) is 0 Å². The first-order valence-corrected chi connectivity index (χ1v) is 4.61. The van der Waals surface area contributed by atoms with Crippen LogP contribution >= 0.6 is 0 Å². The molecule has 0 radical (unpaired) electrons. The summed E-state index contributed by atoms with van der Waals surface area (Å²) in [5.74, 6) is 0.845. The van der Waals surface area contributed by atoms with E-state index in [1.165, 1.54) is 0 Å². The first-order valence-electron chi connectivity index (χ1n) is 4.61. The summed E-state index contributed by atoms with van der Waals surface area (Å²) in [7, 11) is 1.64. The van der Waals surface area contributed by atoms with Crippen LogP contribution in [0.4, 0.5) is 0 Å². The highest BCUT2D eigenvalue weighted by molar-refractivity contribution is 5.39. The minimum atomic E-state index is -0.781. The average Bonchev–Trinajstić information content (AvgIpc) is 2.14. The van der Waals surface area contributed by atoms with E-state index in [1.54, 1.807) is 7.11 Å². The standard InChI is InChI=1S/C11H14O3/c1-8-5-9(3-4-10(8)13-2)11(12)6-14-7-11/h3-5,12H,6-7H2,1-2H3. The molecule has 1 fully saturated rings. The second kappa shape index (κ2) is 3.26. The molecule has 2 rings (SSSR count). The Morgan fingerprint density at radius 3 is 2.57 bits per heavy atom. The van der Waals surface area contributed by atoms with E-state index in [0.29, 0.717) is 13.2 Å². The fraction of sp³-hybridized carbons (Fsp3) is 0.455. The normalized spacial score (nSPS) is 18.8. The third kappa shape index (κ3) is 1.38. The van der Waals surface area contributed by atoms with Gasteiger partial charge in [0.2, 0.25) is 0 Å². The van der Waals surface area contributed by atoms with Crippen molar-refractivity contribution in [3.63, 3.8) is 0 Å². The molecular weight excluding hydrogens is 180 g/mol. The van der Waals surface area contributed by atoms with Crippen molar-refractivity contribution in [2.75, 3.05) is 20.3 Å². The molecule has 1 aromatic rings. The van der Waals surface area contributed by atoms with Gasteiger partial charge in [-0.3, -0.25) is 0 Å². The van der Waals surface area contributed by atoms with Crippen molar-refractivity contribution in [3.05, 3.63) is 29.3 Å². The molecule has 1 aliphatic rings. The zero-order valence-electron chi connectivity index (χ0n) is 8.41. The van der Waals surface area contributed by atoms with Crippen molar-refractivity contribution in [3.8, 4) is 5.75 Å². The number of ether oxygens (including phenoxy) is 2. The van der Waals surface area contributed by atoms with Gasteiger partial charge < -0.3 is 14.6 Å². The van der Waals surface area contributed by atoms with Crippen molar-refractivity contribution in [2.45, 2.75) is 12.5 Å². The zero-order chi connectivity index (χ0) is 10.2. The number of methoxy groups -OCH3 is 1. The van der Waals surface area contributed by atoms with E-state index in [4.69, 9.17) is 9.47 Å². The second-order valence-corrected chi connectivity index (χ2v) is 3.71. The van der Waals surface area contributed by atoms with Crippen LogP contribution in [0.3, 0.4) is 0 Å². The fourth-order valence-electron chi connectivity index (χ4n) is 1.63. The van der Waals surface area contributed by atoms with Gasteiger partial charge in [0.1, 0.15) is 11.4 Å². The Morgan fingerprint density at radius 2 is 2.14 bits per heavy atom. The maximum absolute atomic E-state index is 10.0. The predicted molar refractivity (Wildman–Crippen MR) is 52.4 cm³/mol. The van der Waals surface area contributed by atoms with Crippen molar-refractivity contribution < 1.29 is 14.6 Å². The average molecular weight is 194 g/mol. The molecule has 1 saturated heterocycles. The number of hydrogen-bond donors (Lipinski definition) is 1. The lowest BCUT2D eigenvalue weighted by atomic mass is 9.91. The lowest BCUT2D eigenvalue weighted by molar-refractivity contribution is -0.184. The van der Waals surface area contributed by atoms with E-state index < -0.39 is 5.60 Å². The van der Waals surface area contributed by atoms with Gasteiger partial charge in [-0.25, -0.2) is 0 Å². The Hall–Kier alpha value is -1.06. The molecule has 14 heavy (non-hydrogen) atoms. The van der Waals surface area contributed by atoms with Crippen LogP contribution in [0.15, 0.2) is 18.2 Å². The summed E-state index contributed by atoms with van der Waals surface area (Å²) in [4.78, 5) is 0. The van der Waals surface area contributed by atoms with Crippen molar-refractivity contribution in [1.82, 2.24) is 0 Å². The van der Waals surface area contributed by atoms with Crippen LogP contribution < -0.4 is 4.74 Å².